The molecule has 0 spiro atoms. The zero-order chi connectivity index (χ0) is 17.1. The van der Waals surface area contributed by atoms with Gasteiger partial charge in [-0.05, 0) is 18.9 Å². The fraction of sp³-hybridized carbons (Fsp3) is 0.375. The van der Waals surface area contributed by atoms with Crippen LogP contribution in [0.2, 0.25) is 0 Å². The maximum Gasteiger partial charge on any atom is 0.334 e. The number of hydrogen-bond donors (Lipinski definition) is 1. The zero-order valence-corrected chi connectivity index (χ0v) is 13.3. The van der Waals surface area contributed by atoms with Crippen LogP contribution in [0.4, 0.5) is 4.79 Å². The van der Waals surface area contributed by atoms with Crippen molar-refractivity contribution in [2.75, 3.05) is 13.6 Å². The van der Waals surface area contributed by atoms with Crippen molar-refractivity contribution in [1.82, 2.24) is 15.1 Å². The van der Waals surface area contributed by atoms with Crippen LogP contribution in [-0.2, 0) is 14.4 Å². The van der Waals surface area contributed by atoms with Gasteiger partial charge in [-0.2, -0.15) is 0 Å². The number of urea groups is 1. The molecular weight excluding hydrogens is 298 g/mol. The van der Waals surface area contributed by atoms with Gasteiger partial charge in [0.15, 0.2) is 0 Å². The average Bonchev–Trinajstić information content (AvgIpc) is 2.71. The molecule has 1 aliphatic rings. The van der Waals surface area contributed by atoms with E-state index >= 15 is 0 Å². The molecule has 1 fully saturated rings. The molecular formula is C16H19N3O4. The Hall–Kier alpha value is -2.70. The van der Waals surface area contributed by atoms with Gasteiger partial charge in [-0.1, -0.05) is 36.8 Å². The summed E-state index contributed by atoms with van der Waals surface area (Å²) >= 11 is 0. The molecule has 1 N–H and O–H groups in total. The van der Waals surface area contributed by atoms with Crippen LogP contribution in [0.1, 0.15) is 30.5 Å². The van der Waals surface area contributed by atoms with E-state index in [1.54, 1.807) is 0 Å². The monoisotopic (exact) mass is 317 g/mol. The highest BCUT2D eigenvalue weighted by atomic mass is 16.2. The minimum Gasteiger partial charge on any atom is -0.348 e. The maximum atomic E-state index is 12.1. The average molecular weight is 317 g/mol. The van der Waals surface area contributed by atoms with E-state index < -0.39 is 30.3 Å². The summed E-state index contributed by atoms with van der Waals surface area (Å²) in [5.41, 5.74) is 2.06. The quantitative estimate of drug-likeness (QED) is 0.648. The Bertz CT molecular complexity index is 654. The number of rotatable bonds is 5. The van der Waals surface area contributed by atoms with Gasteiger partial charge in [0, 0.05) is 7.05 Å². The fourth-order valence-corrected chi connectivity index (χ4v) is 2.36. The van der Waals surface area contributed by atoms with Gasteiger partial charge in [0.25, 0.3) is 0 Å². The summed E-state index contributed by atoms with van der Waals surface area (Å²) in [6.07, 6.45) is 0.662. The lowest BCUT2D eigenvalue weighted by atomic mass is 10.0. The summed E-state index contributed by atoms with van der Waals surface area (Å²) < 4.78 is 0. The number of amides is 5. The van der Waals surface area contributed by atoms with E-state index in [4.69, 9.17) is 0 Å². The van der Waals surface area contributed by atoms with Crippen molar-refractivity contribution in [1.29, 1.82) is 0 Å². The molecule has 1 atom stereocenters. The van der Waals surface area contributed by atoms with Crippen molar-refractivity contribution in [2.24, 2.45) is 0 Å². The SMILES string of the molecule is CC[C@H](NC(=O)CN1C(=O)C(=O)N(C)C1=O)c1ccc(C)cc1. The van der Waals surface area contributed by atoms with E-state index in [1.807, 2.05) is 38.1 Å². The molecule has 0 radical (unpaired) electrons. The standard InChI is InChI=1S/C16H19N3O4/c1-4-12(11-7-5-10(2)6-8-11)17-13(20)9-19-15(22)14(21)18(3)16(19)23/h5-8,12H,4,9H2,1-3H3,(H,17,20)/t12-/m0/s1. The van der Waals surface area contributed by atoms with E-state index in [9.17, 15) is 19.2 Å². The molecule has 1 aromatic carbocycles. The summed E-state index contributed by atoms with van der Waals surface area (Å²) in [5.74, 6) is -2.38. The molecule has 0 aromatic heterocycles. The van der Waals surface area contributed by atoms with Crippen molar-refractivity contribution >= 4 is 23.8 Å². The number of benzene rings is 1. The molecule has 0 aliphatic carbocycles. The van der Waals surface area contributed by atoms with Crippen LogP contribution in [-0.4, -0.2) is 47.1 Å². The van der Waals surface area contributed by atoms with Gasteiger partial charge >= 0.3 is 17.8 Å². The summed E-state index contributed by atoms with van der Waals surface area (Å²) in [5, 5.41) is 2.79. The van der Waals surface area contributed by atoms with Crippen molar-refractivity contribution in [3.63, 3.8) is 0 Å². The molecule has 122 valence electrons. The minimum atomic E-state index is -0.976. The van der Waals surface area contributed by atoms with Crippen LogP contribution in [0.15, 0.2) is 24.3 Å². The molecule has 0 bridgehead atoms. The molecule has 23 heavy (non-hydrogen) atoms. The van der Waals surface area contributed by atoms with E-state index in [1.165, 1.54) is 7.05 Å². The molecule has 1 saturated heterocycles. The molecule has 1 aliphatic heterocycles. The van der Waals surface area contributed by atoms with Gasteiger partial charge in [-0.3, -0.25) is 19.3 Å². The maximum absolute atomic E-state index is 12.1. The Balaban J connectivity index is 2.03. The van der Waals surface area contributed by atoms with Crippen molar-refractivity contribution in [2.45, 2.75) is 26.3 Å². The van der Waals surface area contributed by atoms with Crippen LogP contribution in [0.5, 0.6) is 0 Å². The number of likely N-dealkylation sites (N-methyl/N-ethyl adjacent to an activating group) is 1. The topological polar surface area (TPSA) is 86.8 Å². The normalized spacial score (nSPS) is 16.0. The van der Waals surface area contributed by atoms with Crippen LogP contribution in [0, 0.1) is 6.92 Å². The molecule has 0 saturated carbocycles. The summed E-state index contributed by atoms with van der Waals surface area (Å²) in [6, 6.07) is 6.75. The van der Waals surface area contributed by atoms with E-state index in [0.29, 0.717) is 16.2 Å². The summed E-state index contributed by atoms with van der Waals surface area (Å²) in [6.45, 7) is 3.44. The lowest BCUT2D eigenvalue weighted by molar-refractivity contribution is -0.143. The van der Waals surface area contributed by atoms with E-state index in [2.05, 4.69) is 5.32 Å². The predicted molar refractivity (Wildman–Crippen MR) is 82.2 cm³/mol. The van der Waals surface area contributed by atoms with Gasteiger partial charge in [-0.25, -0.2) is 9.69 Å². The Morgan fingerprint density at radius 1 is 1.13 bits per heavy atom. The zero-order valence-electron chi connectivity index (χ0n) is 13.3. The van der Waals surface area contributed by atoms with Crippen molar-refractivity contribution in [3.05, 3.63) is 35.4 Å². The number of carbonyl (C=O) groups is 4. The second-order valence-electron chi connectivity index (χ2n) is 5.48. The first-order valence-corrected chi connectivity index (χ1v) is 7.34. The van der Waals surface area contributed by atoms with Gasteiger partial charge in [0.1, 0.15) is 6.54 Å². The third-order valence-corrected chi connectivity index (χ3v) is 3.78. The third kappa shape index (κ3) is 3.39. The van der Waals surface area contributed by atoms with Gasteiger partial charge < -0.3 is 5.32 Å². The molecule has 5 amide bonds. The molecule has 7 nitrogen and oxygen atoms in total. The highest BCUT2D eigenvalue weighted by Crippen LogP contribution is 2.17. The Morgan fingerprint density at radius 3 is 2.22 bits per heavy atom. The highest BCUT2D eigenvalue weighted by molar-refractivity contribution is 6.44. The second-order valence-corrected chi connectivity index (χ2v) is 5.48. The number of aryl methyl sites for hydroxylation is 1. The molecule has 7 heteroatoms. The lowest BCUT2D eigenvalue weighted by Gasteiger charge is -2.19. The molecule has 1 aromatic rings. The number of nitrogens with zero attached hydrogens (tertiary/aromatic N) is 2. The first kappa shape index (κ1) is 16.7. The second kappa shape index (κ2) is 6.60. The summed E-state index contributed by atoms with van der Waals surface area (Å²) in [7, 11) is 1.21. The first-order valence-electron chi connectivity index (χ1n) is 7.34. The van der Waals surface area contributed by atoms with Crippen LogP contribution < -0.4 is 5.32 Å². The lowest BCUT2D eigenvalue weighted by Crippen LogP contribution is -2.42. The molecule has 2 rings (SSSR count). The largest absolute Gasteiger partial charge is 0.348 e. The Labute approximate surface area is 134 Å². The van der Waals surface area contributed by atoms with E-state index in [-0.39, 0.29) is 6.04 Å². The van der Waals surface area contributed by atoms with Crippen molar-refractivity contribution in [3.8, 4) is 0 Å². The summed E-state index contributed by atoms with van der Waals surface area (Å²) in [4.78, 5) is 48.3. The smallest absolute Gasteiger partial charge is 0.334 e. The van der Waals surface area contributed by atoms with Gasteiger partial charge in [-0.15, -0.1) is 0 Å². The minimum absolute atomic E-state index is 0.218. The van der Waals surface area contributed by atoms with Crippen LogP contribution in [0.3, 0.4) is 0 Å². The third-order valence-electron chi connectivity index (χ3n) is 3.78. The van der Waals surface area contributed by atoms with Crippen LogP contribution >= 0.6 is 0 Å². The number of nitrogens with one attached hydrogen (secondary N) is 1. The predicted octanol–water partition coefficient (Wildman–Crippen LogP) is 0.983. The fourth-order valence-electron chi connectivity index (χ4n) is 2.36. The molecule has 0 unspecified atom stereocenters. The van der Waals surface area contributed by atoms with E-state index in [0.717, 1.165) is 11.1 Å². The van der Waals surface area contributed by atoms with Gasteiger partial charge in [0.05, 0.1) is 6.04 Å². The number of carbonyl (C=O) groups excluding carboxylic acids is 4. The van der Waals surface area contributed by atoms with Crippen LogP contribution in [0.25, 0.3) is 0 Å². The first-order chi connectivity index (χ1) is 10.8. The molecule has 1 heterocycles. The number of hydrogen-bond acceptors (Lipinski definition) is 4. The number of imide groups is 2. The highest BCUT2D eigenvalue weighted by Gasteiger charge is 2.43. The van der Waals surface area contributed by atoms with Gasteiger partial charge in [0.2, 0.25) is 5.91 Å². The Kier molecular flexibility index (Phi) is 4.78. The van der Waals surface area contributed by atoms with Crippen molar-refractivity contribution < 1.29 is 19.2 Å². The Morgan fingerprint density at radius 2 is 1.74 bits per heavy atom.